The molecule has 1 aromatic rings. The number of esters is 1. The second-order valence-electron chi connectivity index (χ2n) is 6.02. The van der Waals surface area contributed by atoms with E-state index < -0.39 is 5.97 Å². The Hall–Kier alpha value is -2.43. The first kappa shape index (κ1) is 15.5. The fraction of sp³-hybridized carbons (Fsp3) is 0.389. The van der Waals surface area contributed by atoms with Gasteiger partial charge < -0.3 is 4.74 Å². The molecular formula is C18H19NO4. The lowest BCUT2D eigenvalue weighted by molar-refractivity contribution is -0.141. The van der Waals surface area contributed by atoms with Gasteiger partial charge in [0.1, 0.15) is 5.75 Å². The zero-order valence-electron chi connectivity index (χ0n) is 13.0. The fourth-order valence-corrected chi connectivity index (χ4v) is 3.15. The van der Waals surface area contributed by atoms with Crippen molar-refractivity contribution in [2.45, 2.75) is 26.2 Å². The Bertz CT molecular complexity index is 653. The third-order valence-corrected chi connectivity index (χ3v) is 4.36. The quantitative estimate of drug-likeness (QED) is 0.370. The third-order valence-electron chi connectivity index (χ3n) is 4.36. The van der Waals surface area contributed by atoms with Gasteiger partial charge in [-0.15, -0.1) is 0 Å². The van der Waals surface area contributed by atoms with Gasteiger partial charge in [-0.1, -0.05) is 24.3 Å². The number of nitrogens with zero attached hydrogens (tertiary/aromatic N) is 1. The molecule has 2 aliphatic rings. The van der Waals surface area contributed by atoms with E-state index in [0.717, 1.165) is 5.56 Å². The van der Waals surface area contributed by atoms with E-state index in [4.69, 9.17) is 4.74 Å². The number of rotatable bonds is 4. The van der Waals surface area contributed by atoms with Gasteiger partial charge >= 0.3 is 5.97 Å². The van der Waals surface area contributed by atoms with Crippen LogP contribution in [0.25, 0.3) is 0 Å². The van der Waals surface area contributed by atoms with Crippen molar-refractivity contribution in [3.63, 3.8) is 0 Å². The van der Waals surface area contributed by atoms with Crippen LogP contribution in [0.15, 0.2) is 36.4 Å². The molecule has 0 N–H and O–H groups in total. The molecule has 1 fully saturated rings. The van der Waals surface area contributed by atoms with Crippen molar-refractivity contribution in [1.29, 1.82) is 0 Å². The summed E-state index contributed by atoms with van der Waals surface area (Å²) in [6.45, 7) is 2.00. The molecule has 2 atom stereocenters. The molecule has 1 saturated heterocycles. The van der Waals surface area contributed by atoms with Gasteiger partial charge in [0.05, 0.1) is 18.3 Å². The molecule has 1 aliphatic carbocycles. The van der Waals surface area contributed by atoms with Crippen LogP contribution >= 0.6 is 0 Å². The molecule has 1 aliphatic heterocycles. The van der Waals surface area contributed by atoms with Gasteiger partial charge in [0.2, 0.25) is 11.8 Å². The van der Waals surface area contributed by atoms with Crippen LogP contribution in [0.1, 0.15) is 24.8 Å². The number of hydrogen-bond donors (Lipinski definition) is 0. The molecule has 23 heavy (non-hydrogen) atoms. The molecule has 1 heterocycles. The van der Waals surface area contributed by atoms with E-state index in [1.54, 1.807) is 12.1 Å². The second kappa shape index (κ2) is 6.36. The number of ether oxygens (including phenoxy) is 1. The van der Waals surface area contributed by atoms with Gasteiger partial charge in [0.15, 0.2) is 0 Å². The van der Waals surface area contributed by atoms with Crippen LogP contribution in [-0.2, 0) is 14.4 Å². The maximum Gasteiger partial charge on any atom is 0.312 e. The first-order chi connectivity index (χ1) is 11.1. The number of fused-ring (bicyclic) bond motifs is 1. The minimum Gasteiger partial charge on any atom is -0.426 e. The summed E-state index contributed by atoms with van der Waals surface area (Å²) in [4.78, 5) is 37.7. The molecule has 0 aromatic heterocycles. The van der Waals surface area contributed by atoms with E-state index >= 15 is 0 Å². The summed E-state index contributed by atoms with van der Waals surface area (Å²) in [6, 6.07) is 7.19. The first-order valence-electron chi connectivity index (χ1n) is 7.84. The number of amides is 2. The lowest BCUT2D eigenvalue weighted by Gasteiger charge is -2.14. The van der Waals surface area contributed by atoms with Crippen molar-refractivity contribution in [2.24, 2.45) is 11.8 Å². The van der Waals surface area contributed by atoms with E-state index in [1.165, 1.54) is 4.90 Å². The number of likely N-dealkylation sites (tertiary alicyclic amines) is 1. The van der Waals surface area contributed by atoms with Gasteiger partial charge in [-0.3, -0.25) is 19.3 Å². The molecule has 5 nitrogen and oxygen atoms in total. The van der Waals surface area contributed by atoms with Gasteiger partial charge in [-0.25, -0.2) is 0 Å². The van der Waals surface area contributed by atoms with Crippen LogP contribution in [0.3, 0.4) is 0 Å². The van der Waals surface area contributed by atoms with Crippen molar-refractivity contribution in [3.8, 4) is 5.75 Å². The van der Waals surface area contributed by atoms with Gasteiger partial charge in [0, 0.05) is 6.54 Å². The van der Waals surface area contributed by atoms with Crippen LogP contribution in [0.4, 0.5) is 0 Å². The average Bonchev–Trinajstić information content (AvgIpc) is 2.77. The van der Waals surface area contributed by atoms with Gasteiger partial charge in [0.25, 0.3) is 0 Å². The summed E-state index contributed by atoms with van der Waals surface area (Å²) in [6.07, 6.45) is 5.13. The normalized spacial score (nSPS) is 23.1. The zero-order valence-corrected chi connectivity index (χ0v) is 13.0. The zero-order chi connectivity index (χ0) is 16.4. The molecule has 0 radical (unpaired) electrons. The van der Waals surface area contributed by atoms with Gasteiger partial charge in [-0.05, 0) is 37.5 Å². The molecule has 120 valence electrons. The summed E-state index contributed by atoms with van der Waals surface area (Å²) in [5.74, 6) is -0.780. The van der Waals surface area contributed by atoms with E-state index in [2.05, 4.69) is 0 Å². The standard InChI is InChI=1S/C18H19NO4/c1-12-5-4-6-13(11-12)23-16(20)9-10-19-17(21)14-7-2-3-8-15(14)18(19)22/h2-6,11,14-15H,7-10H2,1H3/t14-,15-/m0/s1. The van der Waals surface area contributed by atoms with Crippen molar-refractivity contribution in [2.75, 3.05) is 6.54 Å². The minimum absolute atomic E-state index is 0.0122. The molecule has 0 spiro atoms. The van der Waals surface area contributed by atoms with E-state index in [-0.39, 0.29) is 36.6 Å². The molecule has 5 heteroatoms. The lowest BCUT2D eigenvalue weighted by atomic mass is 9.85. The topological polar surface area (TPSA) is 63.7 Å². The average molecular weight is 313 g/mol. The molecule has 2 amide bonds. The first-order valence-corrected chi connectivity index (χ1v) is 7.84. The highest BCUT2D eigenvalue weighted by Crippen LogP contribution is 2.35. The van der Waals surface area contributed by atoms with Crippen molar-refractivity contribution < 1.29 is 19.1 Å². The molecular weight excluding hydrogens is 294 g/mol. The molecule has 0 bridgehead atoms. The molecule has 0 saturated carbocycles. The summed E-state index contributed by atoms with van der Waals surface area (Å²) in [5, 5.41) is 0. The summed E-state index contributed by atoms with van der Waals surface area (Å²) in [5.41, 5.74) is 0.997. The van der Waals surface area contributed by atoms with Crippen LogP contribution in [0.2, 0.25) is 0 Å². The van der Waals surface area contributed by atoms with Crippen molar-refractivity contribution in [1.82, 2.24) is 4.90 Å². The van der Waals surface area contributed by atoms with Crippen molar-refractivity contribution >= 4 is 17.8 Å². The monoisotopic (exact) mass is 313 g/mol. The Morgan fingerprint density at radius 1 is 1.17 bits per heavy atom. The fourth-order valence-electron chi connectivity index (χ4n) is 3.15. The second-order valence-corrected chi connectivity index (χ2v) is 6.02. The Morgan fingerprint density at radius 3 is 2.43 bits per heavy atom. The van der Waals surface area contributed by atoms with E-state index in [1.807, 2.05) is 31.2 Å². The Kier molecular flexibility index (Phi) is 4.28. The summed E-state index contributed by atoms with van der Waals surface area (Å²) >= 11 is 0. The Morgan fingerprint density at radius 2 is 1.83 bits per heavy atom. The van der Waals surface area contributed by atoms with Crippen LogP contribution in [0.5, 0.6) is 5.75 Å². The minimum atomic E-state index is -0.441. The van der Waals surface area contributed by atoms with E-state index in [9.17, 15) is 14.4 Å². The lowest BCUT2D eigenvalue weighted by Crippen LogP contribution is -2.33. The summed E-state index contributed by atoms with van der Waals surface area (Å²) < 4.78 is 5.24. The maximum atomic E-state index is 12.3. The summed E-state index contributed by atoms with van der Waals surface area (Å²) in [7, 11) is 0. The SMILES string of the molecule is Cc1cccc(OC(=O)CCN2C(=O)[C@H]3CC=CC[C@@H]3C2=O)c1. The Labute approximate surface area is 134 Å². The van der Waals surface area contributed by atoms with Gasteiger partial charge in [-0.2, -0.15) is 0 Å². The number of aryl methyl sites for hydroxylation is 1. The maximum absolute atomic E-state index is 12.3. The number of carbonyl (C=O) groups is 3. The van der Waals surface area contributed by atoms with Crippen LogP contribution in [0, 0.1) is 18.8 Å². The van der Waals surface area contributed by atoms with E-state index in [0.29, 0.717) is 18.6 Å². The third kappa shape index (κ3) is 3.18. The van der Waals surface area contributed by atoms with Crippen LogP contribution < -0.4 is 4.74 Å². The smallest absolute Gasteiger partial charge is 0.312 e. The highest BCUT2D eigenvalue weighted by atomic mass is 16.5. The largest absolute Gasteiger partial charge is 0.426 e. The highest BCUT2D eigenvalue weighted by Gasteiger charge is 2.46. The Balaban J connectivity index is 1.57. The molecule has 0 unspecified atom stereocenters. The molecule has 3 rings (SSSR count). The number of imide groups is 1. The van der Waals surface area contributed by atoms with Crippen LogP contribution in [-0.4, -0.2) is 29.2 Å². The number of hydrogen-bond acceptors (Lipinski definition) is 4. The number of carbonyl (C=O) groups excluding carboxylic acids is 3. The number of allylic oxidation sites excluding steroid dienone is 2. The van der Waals surface area contributed by atoms with Crippen molar-refractivity contribution in [3.05, 3.63) is 42.0 Å². The highest BCUT2D eigenvalue weighted by molar-refractivity contribution is 6.05. The molecule has 1 aromatic carbocycles. The number of benzene rings is 1. The predicted molar refractivity (Wildman–Crippen MR) is 83.5 cm³/mol. The predicted octanol–water partition coefficient (Wildman–Crippen LogP) is 2.24.